The lowest BCUT2D eigenvalue weighted by Gasteiger charge is -2.21. The van der Waals surface area contributed by atoms with Crippen molar-refractivity contribution in [1.82, 2.24) is 15.0 Å². The minimum Gasteiger partial charge on any atom is -0.462 e. The summed E-state index contributed by atoms with van der Waals surface area (Å²) < 4.78 is 6.67. The Morgan fingerprint density at radius 1 is 1.45 bits per heavy atom. The van der Waals surface area contributed by atoms with Crippen LogP contribution in [0, 0.1) is 5.92 Å². The molecule has 0 spiro atoms. The average Bonchev–Trinajstić information content (AvgIpc) is 2.84. The Morgan fingerprint density at radius 2 is 2.23 bits per heavy atom. The van der Waals surface area contributed by atoms with Gasteiger partial charge in [-0.25, -0.2) is 14.5 Å². The lowest BCUT2D eigenvalue weighted by molar-refractivity contribution is 0.0526. The number of imidazole rings is 1. The lowest BCUT2D eigenvalue weighted by atomic mass is 9.94. The van der Waals surface area contributed by atoms with Crippen LogP contribution in [0.15, 0.2) is 18.2 Å². The highest BCUT2D eigenvalue weighted by atomic mass is 16.5. The first kappa shape index (κ1) is 14.8. The van der Waals surface area contributed by atoms with Crippen LogP contribution in [-0.4, -0.2) is 35.3 Å². The van der Waals surface area contributed by atoms with Crippen LogP contribution in [0.1, 0.15) is 35.9 Å². The third-order valence-corrected chi connectivity index (χ3v) is 4.20. The number of aromatic nitrogens is 2. The minimum absolute atomic E-state index is 0.323. The fraction of sp³-hybridized carbons (Fsp3) is 0.500. The van der Waals surface area contributed by atoms with E-state index in [0.29, 0.717) is 18.1 Å². The first-order valence-corrected chi connectivity index (χ1v) is 7.83. The van der Waals surface area contributed by atoms with Gasteiger partial charge in [-0.3, -0.25) is 0 Å². The standard InChI is InChI=1S/C16H22N4O2/c1-2-22-16(21)12-3-4-14-13(10-12)19-15(20(14)17)9-11-5-7-18-8-6-11/h3-4,10-11,18H,2,5-9,17H2,1H3. The van der Waals surface area contributed by atoms with E-state index in [4.69, 9.17) is 10.6 Å². The molecule has 1 aromatic carbocycles. The number of rotatable bonds is 4. The summed E-state index contributed by atoms with van der Waals surface area (Å²) in [5, 5.41) is 3.36. The van der Waals surface area contributed by atoms with E-state index in [1.807, 2.05) is 6.07 Å². The van der Waals surface area contributed by atoms with Crippen molar-refractivity contribution < 1.29 is 9.53 Å². The van der Waals surface area contributed by atoms with Gasteiger partial charge < -0.3 is 15.9 Å². The fourth-order valence-electron chi connectivity index (χ4n) is 2.98. The maximum atomic E-state index is 11.8. The zero-order valence-corrected chi connectivity index (χ0v) is 12.8. The van der Waals surface area contributed by atoms with Crippen molar-refractivity contribution >= 4 is 17.0 Å². The number of benzene rings is 1. The molecule has 0 aliphatic carbocycles. The summed E-state index contributed by atoms with van der Waals surface area (Å²) in [6, 6.07) is 5.32. The molecule has 1 aliphatic heterocycles. The molecule has 1 fully saturated rings. The van der Waals surface area contributed by atoms with Gasteiger partial charge >= 0.3 is 5.97 Å². The number of ether oxygens (including phenoxy) is 1. The SMILES string of the molecule is CCOC(=O)c1ccc2c(c1)nc(CC1CCNCC1)n2N. The van der Waals surface area contributed by atoms with Crippen LogP contribution in [0.2, 0.25) is 0 Å². The number of piperidine rings is 1. The van der Waals surface area contributed by atoms with E-state index in [-0.39, 0.29) is 5.97 Å². The maximum Gasteiger partial charge on any atom is 0.338 e. The molecule has 3 rings (SSSR count). The predicted octanol–water partition coefficient (Wildman–Crippen LogP) is 1.47. The number of nitrogens with one attached hydrogen (secondary N) is 1. The van der Waals surface area contributed by atoms with Crippen LogP contribution in [0.4, 0.5) is 0 Å². The fourth-order valence-corrected chi connectivity index (χ4v) is 2.98. The third kappa shape index (κ3) is 2.92. The molecule has 0 atom stereocenters. The van der Waals surface area contributed by atoms with E-state index in [2.05, 4.69) is 10.3 Å². The summed E-state index contributed by atoms with van der Waals surface area (Å²) in [5.74, 6) is 7.33. The van der Waals surface area contributed by atoms with E-state index >= 15 is 0 Å². The average molecular weight is 302 g/mol. The van der Waals surface area contributed by atoms with E-state index in [1.165, 1.54) is 0 Å². The molecule has 1 aromatic heterocycles. The van der Waals surface area contributed by atoms with Crippen molar-refractivity contribution in [1.29, 1.82) is 0 Å². The first-order chi connectivity index (χ1) is 10.7. The molecular weight excluding hydrogens is 280 g/mol. The molecule has 0 radical (unpaired) electrons. The Kier molecular flexibility index (Phi) is 4.29. The van der Waals surface area contributed by atoms with Gasteiger partial charge in [0.1, 0.15) is 5.82 Å². The van der Waals surface area contributed by atoms with E-state index < -0.39 is 0 Å². The molecular formula is C16H22N4O2. The number of nitrogens with two attached hydrogens (primary N) is 1. The Labute approximate surface area is 129 Å². The topological polar surface area (TPSA) is 82.2 Å². The smallest absolute Gasteiger partial charge is 0.338 e. The van der Waals surface area contributed by atoms with Crippen molar-refractivity contribution in [2.45, 2.75) is 26.2 Å². The first-order valence-electron chi connectivity index (χ1n) is 7.83. The second-order valence-electron chi connectivity index (χ2n) is 5.72. The zero-order chi connectivity index (χ0) is 15.5. The molecule has 0 unspecified atom stereocenters. The van der Waals surface area contributed by atoms with Gasteiger partial charge in [0.05, 0.1) is 23.2 Å². The molecule has 1 aliphatic rings. The van der Waals surface area contributed by atoms with Gasteiger partial charge in [0.2, 0.25) is 0 Å². The number of nitrogens with zero attached hydrogens (tertiary/aromatic N) is 2. The van der Waals surface area contributed by atoms with Gasteiger partial charge in [-0.05, 0) is 57.0 Å². The van der Waals surface area contributed by atoms with Crippen LogP contribution in [-0.2, 0) is 11.2 Å². The Hall–Kier alpha value is -2.08. The summed E-state index contributed by atoms with van der Waals surface area (Å²) in [4.78, 5) is 16.4. The highest BCUT2D eigenvalue weighted by Gasteiger charge is 2.18. The van der Waals surface area contributed by atoms with E-state index in [1.54, 1.807) is 23.7 Å². The highest BCUT2D eigenvalue weighted by Crippen LogP contribution is 2.21. The quantitative estimate of drug-likeness (QED) is 0.660. The molecule has 22 heavy (non-hydrogen) atoms. The molecule has 6 heteroatoms. The number of hydrogen-bond acceptors (Lipinski definition) is 5. The van der Waals surface area contributed by atoms with E-state index in [9.17, 15) is 4.79 Å². The van der Waals surface area contributed by atoms with Gasteiger partial charge in [-0.15, -0.1) is 0 Å². The Balaban J connectivity index is 1.85. The maximum absolute atomic E-state index is 11.8. The lowest BCUT2D eigenvalue weighted by Crippen LogP contribution is -2.29. The molecule has 1 saturated heterocycles. The van der Waals surface area contributed by atoms with Crippen molar-refractivity contribution in [3.8, 4) is 0 Å². The molecule has 2 aromatic rings. The van der Waals surface area contributed by atoms with Gasteiger partial charge in [-0.2, -0.15) is 0 Å². The monoisotopic (exact) mass is 302 g/mol. The molecule has 0 amide bonds. The molecule has 3 N–H and O–H groups in total. The van der Waals surface area contributed by atoms with Crippen molar-refractivity contribution in [2.75, 3.05) is 25.5 Å². The second-order valence-corrected chi connectivity index (χ2v) is 5.72. The molecule has 2 heterocycles. The van der Waals surface area contributed by atoms with Gasteiger partial charge in [0.15, 0.2) is 0 Å². The van der Waals surface area contributed by atoms with Crippen molar-refractivity contribution in [2.24, 2.45) is 5.92 Å². The van der Waals surface area contributed by atoms with Gasteiger partial charge in [-0.1, -0.05) is 0 Å². The number of carbonyl (C=O) groups excluding carboxylic acids is 1. The zero-order valence-electron chi connectivity index (χ0n) is 12.8. The van der Waals surface area contributed by atoms with Crippen LogP contribution in [0.3, 0.4) is 0 Å². The second kappa shape index (κ2) is 6.36. The van der Waals surface area contributed by atoms with E-state index in [0.717, 1.165) is 49.2 Å². The third-order valence-electron chi connectivity index (χ3n) is 4.20. The van der Waals surface area contributed by atoms with Gasteiger partial charge in [0.25, 0.3) is 0 Å². The number of carbonyl (C=O) groups is 1. The molecule has 0 bridgehead atoms. The van der Waals surface area contributed by atoms with Crippen molar-refractivity contribution in [3.05, 3.63) is 29.6 Å². The minimum atomic E-state index is -0.323. The van der Waals surface area contributed by atoms with Crippen LogP contribution in [0.25, 0.3) is 11.0 Å². The number of nitrogen functional groups attached to an aromatic ring is 1. The van der Waals surface area contributed by atoms with Crippen molar-refractivity contribution in [3.63, 3.8) is 0 Å². The number of esters is 1. The summed E-state index contributed by atoms with van der Waals surface area (Å²) in [7, 11) is 0. The Morgan fingerprint density at radius 3 is 2.95 bits per heavy atom. The molecule has 6 nitrogen and oxygen atoms in total. The predicted molar refractivity (Wildman–Crippen MR) is 85.1 cm³/mol. The van der Waals surface area contributed by atoms with Crippen LogP contribution >= 0.6 is 0 Å². The number of hydrogen-bond donors (Lipinski definition) is 2. The van der Waals surface area contributed by atoms with Gasteiger partial charge in [0, 0.05) is 6.42 Å². The largest absolute Gasteiger partial charge is 0.462 e. The number of fused-ring (bicyclic) bond motifs is 1. The molecule has 118 valence electrons. The summed E-state index contributed by atoms with van der Waals surface area (Å²) in [6.45, 7) is 4.27. The highest BCUT2D eigenvalue weighted by molar-refractivity contribution is 5.93. The molecule has 0 saturated carbocycles. The summed E-state index contributed by atoms with van der Waals surface area (Å²) in [6.07, 6.45) is 3.18. The summed E-state index contributed by atoms with van der Waals surface area (Å²) >= 11 is 0. The van der Waals surface area contributed by atoms with Crippen LogP contribution in [0.5, 0.6) is 0 Å². The summed E-state index contributed by atoms with van der Waals surface area (Å²) in [5.41, 5.74) is 2.11. The normalized spacial score (nSPS) is 16.0. The van der Waals surface area contributed by atoms with Crippen LogP contribution < -0.4 is 11.2 Å². The Bertz CT molecular complexity index is 674.